The van der Waals surface area contributed by atoms with Gasteiger partial charge in [0.05, 0.1) is 23.1 Å². The van der Waals surface area contributed by atoms with E-state index in [0.29, 0.717) is 24.9 Å². The number of nitrogens with one attached hydrogen (secondary N) is 1. The summed E-state index contributed by atoms with van der Waals surface area (Å²) >= 11 is 0. The maximum atomic E-state index is 12.2. The molecule has 0 saturated heterocycles. The molecule has 0 aromatic heterocycles. The van der Waals surface area contributed by atoms with Crippen LogP contribution in [-0.4, -0.2) is 22.9 Å². The first-order chi connectivity index (χ1) is 9.50. The van der Waals surface area contributed by atoms with E-state index in [1.807, 2.05) is 0 Å². The third-order valence-corrected chi connectivity index (χ3v) is 3.62. The summed E-state index contributed by atoms with van der Waals surface area (Å²) in [5, 5.41) is 11.7. The van der Waals surface area contributed by atoms with Crippen molar-refractivity contribution in [1.29, 1.82) is 0 Å². The van der Waals surface area contributed by atoms with Crippen LogP contribution in [0.1, 0.15) is 29.6 Å². The molecule has 4 N–H and O–H groups in total. The Balaban J connectivity index is 2.16. The second-order valence-corrected chi connectivity index (χ2v) is 4.88. The normalized spacial score (nSPS) is 21.4. The van der Waals surface area contributed by atoms with Crippen molar-refractivity contribution in [3.05, 3.63) is 29.8 Å². The van der Waals surface area contributed by atoms with Gasteiger partial charge in [0, 0.05) is 0 Å². The molecular formula is C14H16N2O4. The highest BCUT2D eigenvalue weighted by molar-refractivity contribution is 6.04. The molecule has 20 heavy (non-hydrogen) atoms. The third kappa shape index (κ3) is 2.79. The van der Waals surface area contributed by atoms with Gasteiger partial charge in [-0.05, 0) is 25.0 Å². The van der Waals surface area contributed by atoms with Crippen LogP contribution in [0.25, 0.3) is 0 Å². The lowest BCUT2D eigenvalue weighted by atomic mass is 9.95. The first kappa shape index (κ1) is 14.0. The molecule has 106 valence electrons. The highest BCUT2D eigenvalue weighted by Crippen LogP contribution is 2.33. The van der Waals surface area contributed by atoms with Crippen LogP contribution in [0.2, 0.25) is 0 Å². The highest BCUT2D eigenvalue weighted by atomic mass is 16.4. The zero-order valence-corrected chi connectivity index (χ0v) is 10.8. The van der Waals surface area contributed by atoms with Crippen molar-refractivity contribution in [2.75, 3.05) is 5.32 Å². The Labute approximate surface area is 116 Å². The maximum absolute atomic E-state index is 12.2. The predicted molar refractivity (Wildman–Crippen MR) is 72.1 cm³/mol. The number of carboxylic acid groups (broad SMARTS) is 1. The number of carbonyl (C=O) groups is 3. The fourth-order valence-corrected chi connectivity index (χ4v) is 2.60. The minimum absolute atomic E-state index is 0.214. The van der Waals surface area contributed by atoms with Crippen LogP contribution in [0, 0.1) is 11.8 Å². The molecule has 0 spiro atoms. The fourth-order valence-electron chi connectivity index (χ4n) is 2.60. The van der Waals surface area contributed by atoms with Crippen LogP contribution < -0.4 is 11.1 Å². The van der Waals surface area contributed by atoms with E-state index in [4.69, 9.17) is 10.8 Å². The Morgan fingerprint density at radius 2 is 1.80 bits per heavy atom. The minimum Gasteiger partial charge on any atom is -0.481 e. The number of hydrogen-bond acceptors (Lipinski definition) is 3. The molecule has 2 atom stereocenters. The van der Waals surface area contributed by atoms with Crippen molar-refractivity contribution in [3.8, 4) is 0 Å². The summed E-state index contributed by atoms with van der Waals surface area (Å²) in [6.45, 7) is 0. The van der Waals surface area contributed by atoms with Crippen molar-refractivity contribution in [3.63, 3.8) is 0 Å². The van der Waals surface area contributed by atoms with Crippen LogP contribution in [0.4, 0.5) is 5.69 Å². The molecule has 0 unspecified atom stereocenters. The molecule has 0 heterocycles. The van der Waals surface area contributed by atoms with Crippen molar-refractivity contribution in [2.24, 2.45) is 17.6 Å². The number of hydrogen-bond donors (Lipinski definition) is 3. The third-order valence-electron chi connectivity index (χ3n) is 3.62. The van der Waals surface area contributed by atoms with Crippen molar-refractivity contribution < 1.29 is 19.5 Å². The summed E-state index contributed by atoms with van der Waals surface area (Å²) < 4.78 is 0. The molecule has 1 saturated carbocycles. The SMILES string of the molecule is NC(=O)c1ccccc1NC(=O)[C@@H]1CCC[C@@H]1C(=O)O. The van der Waals surface area contributed by atoms with Gasteiger partial charge in [-0.3, -0.25) is 14.4 Å². The Hall–Kier alpha value is -2.37. The lowest BCUT2D eigenvalue weighted by Crippen LogP contribution is -2.30. The van der Waals surface area contributed by atoms with E-state index in [9.17, 15) is 14.4 Å². The van der Waals surface area contributed by atoms with Gasteiger partial charge < -0.3 is 16.2 Å². The van der Waals surface area contributed by atoms with Crippen LogP contribution in [0.5, 0.6) is 0 Å². The summed E-state index contributed by atoms with van der Waals surface area (Å²) in [6.07, 6.45) is 1.76. The number of para-hydroxylation sites is 1. The van der Waals surface area contributed by atoms with Crippen molar-refractivity contribution in [2.45, 2.75) is 19.3 Å². The molecule has 1 aromatic carbocycles. The highest BCUT2D eigenvalue weighted by Gasteiger charge is 2.37. The molecule has 1 fully saturated rings. The Bertz CT molecular complexity index is 556. The van der Waals surface area contributed by atoms with Gasteiger partial charge in [-0.25, -0.2) is 0 Å². The molecule has 1 aliphatic carbocycles. The van der Waals surface area contributed by atoms with Gasteiger partial charge in [-0.1, -0.05) is 18.6 Å². The van der Waals surface area contributed by atoms with E-state index in [1.54, 1.807) is 18.2 Å². The lowest BCUT2D eigenvalue weighted by Gasteiger charge is -2.16. The molecule has 2 amide bonds. The molecule has 1 aliphatic rings. The second kappa shape index (κ2) is 5.73. The van der Waals surface area contributed by atoms with Crippen LogP contribution in [-0.2, 0) is 9.59 Å². The van der Waals surface area contributed by atoms with Crippen molar-refractivity contribution >= 4 is 23.5 Å². The monoisotopic (exact) mass is 276 g/mol. The Morgan fingerprint density at radius 1 is 1.15 bits per heavy atom. The zero-order chi connectivity index (χ0) is 14.7. The molecule has 6 nitrogen and oxygen atoms in total. The van der Waals surface area contributed by atoms with E-state index in [2.05, 4.69) is 5.32 Å². The number of aliphatic carboxylic acids is 1. The summed E-state index contributed by atoms with van der Waals surface area (Å²) in [4.78, 5) is 34.5. The van der Waals surface area contributed by atoms with E-state index >= 15 is 0 Å². The number of primary amides is 1. The summed E-state index contributed by atoms with van der Waals surface area (Å²) in [5.74, 6) is -3.18. The quantitative estimate of drug-likeness (QED) is 0.768. The number of anilines is 1. The van der Waals surface area contributed by atoms with Gasteiger partial charge >= 0.3 is 5.97 Å². The largest absolute Gasteiger partial charge is 0.481 e. The van der Waals surface area contributed by atoms with Gasteiger partial charge in [-0.2, -0.15) is 0 Å². The number of amides is 2. The standard InChI is InChI=1S/C14H16N2O4/c15-12(17)10-4-1-2-7-11(10)16-13(18)8-5-3-6-9(8)14(19)20/h1-2,4,7-9H,3,5-6H2,(H2,15,17)(H,16,18)(H,19,20)/t8-,9+/m1/s1. The van der Waals surface area contributed by atoms with Gasteiger partial charge in [0.25, 0.3) is 5.91 Å². The molecule has 0 aliphatic heterocycles. The Kier molecular flexibility index (Phi) is 4.02. The first-order valence-corrected chi connectivity index (χ1v) is 6.43. The minimum atomic E-state index is -0.953. The van der Waals surface area contributed by atoms with Gasteiger partial charge in [0.1, 0.15) is 0 Å². The van der Waals surface area contributed by atoms with Crippen LogP contribution in [0.15, 0.2) is 24.3 Å². The lowest BCUT2D eigenvalue weighted by molar-refractivity contribution is -0.145. The fraction of sp³-hybridized carbons (Fsp3) is 0.357. The smallest absolute Gasteiger partial charge is 0.307 e. The molecular weight excluding hydrogens is 260 g/mol. The van der Waals surface area contributed by atoms with Crippen LogP contribution >= 0.6 is 0 Å². The summed E-state index contributed by atoms with van der Waals surface area (Å²) in [5.41, 5.74) is 5.77. The number of benzene rings is 1. The summed E-state index contributed by atoms with van der Waals surface area (Å²) in [6, 6.07) is 6.40. The average Bonchev–Trinajstić information content (AvgIpc) is 2.88. The molecule has 1 aromatic rings. The number of carbonyl (C=O) groups excluding carboxylic acids is 2. The van der Waals surface area contributed by atoms with Gasteiger partial charge in [-0.15, -0.1) is 0 Å². The molecule has 2 rings (SSSR count). The Morgan fingerprint density at radius 3 is 2.45 bits per heavy atom. The number of carboxylic acids is 1. The molecule has 6 heteroatoms. The van der Waals surface area contributed by atoms with E-state index < -0.39 is 23.7 Å². The van der Waals surface area contributed by atoms with Crippen LogP contribution in [0.3, 0.4) is 0 Å². The van der Waals surface area contributed by atoms with E-state index in [-0.39, 0.29) is 11.5 Å². The van der Waals surface area contributed by atoms with Gasteiger partial charge in [0.15, 0.2) is 0 Å². The first-order valence-electron chi connectivity index (χ1n) is 6.43. The zero-order valence-electron chi connectivity index (χ0n) is 10.8. The van der Waals surface area contributed by atoms with E-state index in [0.717, 1.165) is 0 Å². The van der Waals surface area contributed by atoms with Gasteiger partial charge in [0.2, 0.25) is 5.91 Å². The van der Waals surface area contributed by atoms with E-state index in [1.165, 1.54) is 6.07 Å². The average molecular weight is 276 g/mol. The molecule has 0 bridgehead atoms. The van der Waals surface area contributed by atoms with Crippen molar-refractivity contribution in [1.82, 2.24) is 0 Å². The predicted octanol–water partition coefficient (Wildman–Crippen LogP) is 1.22. The number of rotatable bonds is 4. The second-order valence-electron chi connectivity index (χ2n) is 4.88. The maximum Gasteiger partial charge on any atom is 0.307 e. The molecule has 0 radical (unpaired) electrons. The topological polar surface area (TPSA) is 109 Å². The summed E-state index contributed by atoms with van der Waals surface area (Å²) in [7, 11) is 0. The number of nitrogens with two attached hydrogens (primary N) is 1.